The summed E-state index contributed by atoms with van der Waals surface area (Å²) in [6, 6.07) is 3.69. The molecule has 0 amide bonds. The van der Waals surface area contributed by atoms with Crippen molar-refractivity contribution < 1.29 is 4.79 Å². The van der Waals surface area contributed by atoms with Gasteiger partial charge in [-0.25, -0.2) is 0 Å². The van der Waals surface area contributed by atoms with Crippen molar-refractivity contribution in [3.05, 3.63) is 37.2 Å². The number of rotatable bonds is 3. The third kappa shape index (κ3) is 2.61. The molecule has 0 fully saturated rings. The maximum absolute atomic E-state index is 11.9. The van der Waals surface area contributed by atoms with Crippen LogP contribution in [-0.4, -0.2) is 15.6 Å². The van der Waals surface area contributed by atoms with Crippen LogP contribution in [0.15, 0.2) is 26.6 Å². The molecule has 0 atom stereocenters. The van der Waals surface area contributed by atoms with E-state index in [0.717, 1.165) is 18.8 Å². The van der Waals surface area contributed by atoms with Gasteiger partial charge < -0.3 is 0 Å². The number of carbonyl (C=O) groups excluding carboxylic acids is 1. The molecule has 0 spiro atoms. The molecule has 2 heterocycles. The lowest BCUT2D eigenvalue weighted by Gasteiger charge is -1.93. The molecule has 16 heavy (non-hydrogen) atoms. The number of aryl methyl sites for hydroxylation is 1. The molecular weight excluding hydrogens is 356 g/mol. The topological polar surface area (TPSA) is 34.9 Å². The summed E-state index contributed by atoms with van der Waals surface area (Å²) in [6.07, 6.45) is 2.18. The van der Waals surface area contributed by atoms with Crippen molar-refractivity contribution in [2.24, 2.45) is 7.05 Å². The molecule has 0 bridgehead atoms. The van der Waals surface area contributed by atoms with E-state index in [1.165, 1.54) is 11.3 Å². The normalized spacial score (nSPS) is 10.7. The second kappa shape index (κ2) is 4.81. The molecule has 3 nitrogen and oxygen atoms in total. The van der Waals surface area contributed by atoms with E-state index in [9.17, 15) is 4.79 Å². The van der Waals surface area contributed by atoms with Gasteiger partial charge in [-0.1, -0.05) is 0 Å². The average Bonchev–Trinajstić information content (AvgIpc) is 2.75. The maximum Gasteiger partial charge on any atom is 0.178 e. The minimum Gasteiger partial charge on any atom is -0.293 e. The number of thiophene rings is 1. The van der Waals surface area contributed by atoms with E-state index >= 15 is 0 Å². The lowest BCUT2D eigenvalue weighted by atomic mass is 10.2. The number of hydrogen-bond donors (Lipinski definition) is 0. The summed E-state index contributed by atoms with van der Waals surface area (Å²) >= 11 is 8.17. The molecule has 0 aliphatic carbocycles. The molecule has 2 aromatic rings. The Hall–Kier alpha value is -0.460. The van der Waals surface area contributed by atoms with E-state index in [2.05, 4.69) is 37.0 Å². The van der Waals surface area contributed by atoms with Crippen LogP contribution >= 0.6 is 43.2 Å². The van der Waals surface area contributed by atoms with Gasteiger partial charge in [0.1, 0.15) is 0 Å². The third-order valence-corrected chi connectivity index (χ3v) is 5.33. The van der Waals surface area contributed by atoms with Crippen molar-refractivity contribution >= 4 is 49.0 Å². The fourth-order valence-electron chi connectivity index (χ4n) is 1.29. The maximum atomic E-state index is 11.9. The number of nitrogens with zero attached hydrogens (tertiary/aromatic N) is 2. The van der Waals surface area contributed by atoms with Gasteiger partial charge in [0.2, 0.25) is 0 Å². The average molecular weight is 364 g/mol. The van der Waals surface area contributed by atoms with E-state index in [-0.39, 0.29) is 5.78 Å². The van der Waals surface area contributed by atoms with Crippen LogP contribution in [0.5, 0.6) is 0 Å². The second-order valence-electron chi connectivity index (χ2n) is 3.31. The monoisotopic (exact) mass is 362 g/mol. The van der Waals surface area contributed by atoms with E-state index in [4.69, 9.17) is 0 Å². The van der Waals surface area contributed by atoms with E-state index < -0.39 is 0 Å². The highest BCUT2D eigenvalue weighted by molar-refractivity contribution is 9.13. The molecule has 2 rings (SSSR count). The molecular formula is C10H8Br2N2OS. The van der Waals surface area contributed by atoms with Crippen LogP contribution in [0.1, 0.15) is 15.4 Å². The first-order valence-corrected chi connectivity index (χ1v) is 6.93. The van der Waals surface area contributed by atoms with Crippen molar-refractivity contribution in [2.75, 3.05) is 0 Å². The Labute approximate surface area is 114 Å². The lowest BCUT2D eigenvalue weighted by Crippen LogP contribution is -2.02. The van der Waals surface area contributed by atoms with Crippen LogP contribution in [0.2, 0.25) is 0 Å². The Morgan fingerprint density at radius 1 is 1.56 bits per heavy atom. The summed E-state index contributed by atoms with van der Waals surface area (Å²) in [5, 5.41) is 4.18. The number of carbonyl (C=O) groups is 1. The fraction of sp³-hybridized carbons (Fsp3) is 0.200. The van der Waals surface area contributed by atoms with Gasteiger partial charge in [0, 0.05) is 17.7 Å². The van der Waals surface area contributed by atoms with Crippen LogP contribution in [0.4, 0.5) is 0 Å². The zero-order valence-corrected chi connectivity index (χ0v) is 12.4. The van der Waals surface area contributed by atoms with Gasteiger partial charge in [-0.3, -0.25) is 9.48 Å². The Bertz CT molecular complexity index is 513. The molecule has 0 saturated heterocycles. The van der Waals surface area contributed by atoms with Crippen LogP contribution in [0.3, 0.4) is 0 Å². The summed E-state index contributed by atoms with van der Waals surface area (Å²) in [6.45, 7) is 0. The van der Waals surface area contributed by atoms with Gasteiger partial charge in [0.15, 0.2) is 5.78 Å². The van der Waals surface area contributed by atoms with Gasteiger partial charge in [0.25, 0.3) is 0 Å². The molecule has 0 aliphatic rings. The molecule has 0 radical (unpaired) electrons. The van der Waals surface area contributed by atoms with Crippen molar-refractivity contribution in [3.8, 4) is 0 Å². The Morgan fingerprint density at radius 2 is 2.31 bits per heavy atom. The molecule has 0 unspecified atom stereocenters. The predicted molar refractivity (Wildman–Crippen MR) is 71.0 cm³/mol. The standard InChI is InChI=1S/C10H8Br2N2OS/c1-14-3-2-6(13-14)4-8(15)9-5-7(11)10(12)16-9/h2-3,5H,4H2,1H3. The number of hydrogen-bond acceptors (Lipinski definition) is 3. The predicted octanol–water partition coefficient (Wildman–Crippen LogP) is 3.43. The molecule has 6 heteroatoms. The minimum absolute atomic E-state index is 0.0927. The van der Waals surface area contributed by atoms with Crippen molar-refractivity contribution in [3.63, 3.8) is 0 Å². The van der Waals surface area contributed by atoms with Crippen molar-refractivity contribution in [1.82, 2.24) is 9.78 Å². The first-order chi connectivity index (χ1) is 7.56. The first kappa shape index (κ1) is 12.0. The lowest BCUT2D eigenvalue weighted by molar-refractivity contribution is 0.0995. The molecule has 0 N–H and O–H groups in total. The van der Waals surface area contributed by atoms with Gasteiger partial charge in [-0.05, 0) is 44.0 Å². The number of Topliss-reactive ketones (excluding diaryl/α,β-unsaturated/α-hetero) is 1. The molecule has 2 aromatic heterocycles. The zero-order chi connectivity index (χ0) is 11.7. The molecule has 0 aromatic carbocycles. The Balaban J connectivity index is 2.14. The summed E-state index contributed by atoms with van der Waals surface area (Å²) in [7, 11) is 1.84. The zero-order valence-electron chi connectivity index (χ0n) is 8.41. The smallest absolute Gasteiger partial charge is 0.178 e. The summed E-state index contributed by atoms with van der Waals surface area (Å²) in [5.74, 6) is 0.0927. The highest BCUT2D eigenvalue weighted by Gasteiger charge is 2.13. The number of ketones is 1. The van der Waals surface area contributed by atoms with Crippen LogP contribution < -0.4 is 0 Å². The number of halogens is 2. The van der Waals surface area contributed by atoms with Gasteiger partial charge >= 0.3 is 0 Å². The Kier molecular flexibility index (Phi) is 3.61. The summed E-state index contributed by atoms with van der Waals surface area (Å²) in [4.78, 5) is 12.6. The highest BCUT2D eigenvalue weighted by atomic mass is 79.9. The highest BCUT2D eigenvalue weighted by Crippen LogP contribution is 2.32. The van der Waals surface area contributed by atoms with E-state index in [0.29, 0.717) is 6.42 Å². The first-order valence-electron chi connectivity index (χ1n) is 4.53. The van der Waals surface area contributed by atoms with E-state index in [1.54, 1.807) is 4.68 Å². The van der Waals surface area contributed by atoms with Crippen molar-refractivity contribution in [1.29, 1.82) is 0 Å². The van der Waals surface area contributed by atoms with Gasteiger partial charge in [-0.15, -0.1) is 11.3 Å². The molecule has 0 saturated carbocycles. The SMILES string of the molecule is Cn1ccc(CC(=O)c2cc(Br)c(Br)s2)n1. The van der Waals surface area contributed by atoms with Gasteiger partial charge in [-0.2, -0.15) is 5.10 Å². The quantitative estimate of drug-likeness (QED) is 0.783. The molecule has 0 aliphatic heterocycles. The fourth-order valence-corrected chi connectivity index (χ4v) is 3.27. The third-order valence-electron chi connectivity index (χ3n) is 2.03. The molecule has 84 valence electrons. The van der Waals surface area contributed by atoms with Gasteiger partial charge in [0.05, 0.1) is 20.8 Å². The summed E-state index contributed by atoms with van der Waals surface area (Å²) < 4.78 is 3.56. The van der Waals surface area contributed by atoms with Crippen molar-refractivity contribution in [2.45, 2.75) is 6.42 Å². The van der Waals surface area contributed by atoms with Crippen LogP contribution in [-0.2, 0) is 13.5 Å². The number of aromatic nitrogens is 2. The van der Waals surface area contributed by atoms with Crippen LogP contribution in [0.25, 0.3) is 0 Å². The van der Waals surface area contributed by atoms with Crippen LogP contribution in [0, 0.1) is 0 Å². The Morgan fingerprint density at radius 3 is 2.81 bits per heavy atom. The minimum atomic E-state index is 0.0927. The largest absolute Gasteiger partial charge is 0.293 e. The summed E-state index contributed by atoms with van der Waals surface area (Å²) in [5.41, 5.74) is 0.799. The van der Waals surface area contributed by atoms with E-state index in [1.807, 2.05) is 25.4 Å². The second-order valence-corrected chi connectivity index (χ2v) is 6.54.